The summed E-state index contributed by atoms with van der Waals surface area (Å²) in [5, 5.41) is 2.74. The van der Waals surface area contributed by atoms with Gasteiger partial charge in [-0.25, -0.2) is 14.8 Å². The molecule has 0 spiro atoms. The molecule has 0 aliphatic heterocycles. The molecule has 102 valence electrons. The topological polar surface area (TPSA) is 69.8 Å². The average Bonchev–Trinajstić information content (AvgIpc) is 2.92. The lowest BCUT2D eigenvalue weighted by Crippen LogP contribution is -2.39. The van der Waals surface area contributed by atoms with E-state index < -0.39 is 0 Å². The van der Waals surface area contributed by atoms with Gasteiger partial charge in [0.2, 0.25) is 0 Å². The quantitative estimate of drug-likeness (QED) is 0.671. The minimum Gasteiger partial charge on any atom is -0.300 e. The maximum atomic E-state index is 12.4. The molecule has 0 aliphatic rings. The molecule has 6 nitrogen and oxygen atoms in total. The van der Waals surface area contributed by atoms with Crippen LogP contribution >= 0.6 is 11.3 Å². The molecule has 0 N–H and O–H groups in total. The van der Waals surface area contributed by atoms with Gasteiger partial charge in [0, 0.05) is 25.2 Å². The Balaban J connectivity index is 2.50. The first-order valence-corrected chi connectivity index (χ1v) is 6.85. The fourth-order valence-electron chi connectivity index (χ4n) is 2.21. The Morgan fingerprint density at radius 1 is 1.15 bits per heavy atom. The highest BCUT2D eigenvalue weighted by molar-refractivity contribution is 7.16. The fourth-order valence-corrected chi connectivity index (χ4v) is 2.94. The van der Waals surface area contributed by atoms with Gasteiger partial charge in [-0.3, -0.25) is 9.36 Å². The van der Waals surface area contributed by atoms with E-state index in [0.717, 1.165) is 14.8 Å². The highest BCUT2D eigenvalue weighted by Crippen LogP contribution is 2.27. The smallest absolute Gasteiger partial charge is 0.300 e. The third-order valence-electron chi connectivity index (χ3n) is 3.46. The van der Waals surface area contributed by atoms with Crippen molar-refractivity contribution in [3.05, 3.63) is 44.3 Å². The van der Waals surface area contributed by atoms with Crippen LogP contribution in [0.4, 0.5) is 0 Å². The maximum absolute atomic E-state index is 12.4. The summed E-state index contributed by atoms with van der Waals surface area (Å²) in [7, 11) is 3.12. The molecule has 0 saturated carbocycles. The highest BCUT2D eigenvalue weighted by atomic mass is 32.1. The summed E-state index contributed by atoms with van der Waals surface area (Å²) in [5.41, 5.74) is 0.943. The molecule has 0 bridgehead atoms. The summed E-state index contributed by atoms with van der Waals surface area (Å²) < 4.78 is 2.56. The van der Waals surface area contributed by atoms with Gasteiger partial charge in [0.05, 0.1) is 11.3 Å². The summed E-state index contributed by atoms with van der Waals surface area (Å²) in [5.74, 6) is 0. The molecule has 20 heavy (non-hydrogen) atoms. The van der Waals surface area contributed by atoms with Crippen molar-refractivity contribution in [2.75, 3.05) is 0 Å². The van der Waals surface area contributed by atoms with E-state index in [1.54, 1.807) is 14.0 Å². The average molecular weight is 288 g/mol. The molecule has 3 aromatic rings. The third kappa shape index (κ3) is 1.63. The first kappa shape index (κ1) is 12.7. The van der Waals surface area contributed by atoms with Crippen molar-refractivity contribution >= 4 is 21.6 Å². The van der Waals surface area contributed by atoms with Crippen molar-refractivity contribution < 1.29 is 0 Å². The Bertz CT molecular complexity index is 936. The van der Waals surface area contributed by atoms with Gasteiger partial charge < -0.3 is 4.57 Å². The van der Waals surface area contributed by atoms with Crippen LogP contribution in [0.5, 0.6) is 0 Å². The van der Waals surface area contributed by atoms with Crippen LogP contribution in [0.2, 0.25) is 0 Å². The largest absolute Gasteiger partial charge is 0.330 e. The number of fused-ring (bicyclic) bond motifs is 1. The van der Waals surface area contributed by atoms with Crippen LogP contribution in [0.25, 0.3) is 21.5 Å². The normalized spacial score (nSPS) is 11.2. The van der Waals surface area contributed by atoms with Gasteiger partial charge in [0.1, 0.15) is 11.2 Å². The van der Waals surface area contributed by atoms with E-state index in [4.69, 9.17) is 0 Å². The Hall–Kier alpha value is -2.28. The van der Waals surface area contributed by atoms with Crippen LogP contribution in [0, 0.1) is 6.92 Å². The van der Waals surface area contributed by atoms with Gasteiger partial charge in [-0.15, -0.1) is 11.3 Å². The molecule has 7 heteroatoms. The second-order valence-electron chi connectivity index (χ2n) is 4.53. The van der Waals surface area contributed by atoms with Gasteiger partial charge in [0.25, 0.3) is 5.56 Å². The summed E-state index contributed by atoms with van der Waals surface area (Å²) >= 11 is 1.49. The van der Waals surface area contributed by atoms with E-state index in [9.17, 15) is 9.59 Å². The molecule has 3 heterocycles. The molecule has 0 saturated heterocycles. The van der Waals surface area contributed by atoms with Gasteiger partial charge in [-0.05, 0) is 18.4 Å². The summed E-state index contributed by atoms with van der Waals surface area (Å²) in [6.45, 7) is 1.75. The number of thiophene rings is 1. The molecule has 3 aromatic heterocycles. The molecule has 0 aromatic carbocycles. The predicted molar refractivity (Wildman–Crippen MR) is 78.1 cm³/mol. The summed E-state index contributed by atoms with van der Waals surface area (Å²) in [4.78, 5) is 33.6. The third-order valence-corrected chi connectivity index (χ3v) is 4.28. The van der Waals surface area contributed by atoms with Crippen LogP contribution in [-0.2, 0) is 14.1 Å². The molecule has 3 rings (SSSR count). The molecule has 0 aliphatic carbocycles. The van der Waals surface area contributed by atoms with Crippen LogP contribution < -0.4 is 11.2 Å². The first-order chi connectivity index (χ1) is 9.52. The van der Waals surface area contributed by atoms with Crippen molar-refractivity contribution in [2.45, 2.75) is 6.92 Å². The second-order valence-corrected chi connectivity index (χ2v) is 5.42. The Morgan fingerprint density at radius 2 is 1.90 bits per heavy atom. The molecular weight excluding hydrogens is 276 g/mol. The monoisotopic (exact) mass is 288 g/mol. The van der Waals surface area contributed by atoms with E-state index in [1.807, 2.05) is 11.4 Å². The summed E-state index contributed by atoms with van der Waals surface area (Å²) in [6, 6.07) is 1.89. The van der Waals surface area contributed by atoms with E-state index in [2.05, 4.69) is 9.97 Å². The Morgan fingerprint density at radius 3 is 2.65 bits per heavy atom. The van der Waals surface area contributed by atoms with Gasteiger partial charge in [-0.1, -0.05) is 0 Å². The van der Waals surface area contributed by atoms with Crippen LogP contribution in [0.15, 0.2) is 27.4 Å². The SMILES string of the molecule is Cc1c(-c2ncnc3sccc23)c(=O)n(C)c(=O)n1C. The molecule has 0 fully saturated rings. The minimum absolute atomic E-state index is 0.336. The van der Waals surface area contributed by atoms with Crippen molar-refractivity contribution in [1.82, 2.24) is 19.1 Å². The van der Waals surface area contributed by atoms with E-state index in [-0.39, 0.29) is 11.2 Å². The number of aromatic nitrogens is 4. The van der Waals surface area contributed by atoms with Gasteiger partial charge >= 0.3 is 5.69 Å². The predicted octanol–water partition coefficient (Wildman–Crippen LogP) is 1.06. The minimum atomic E-state index is -0.341. The molecule has 0 atom stereocenters. The van der Waals surface area contributed by atoms with Crippen molar-refractivity contribution in [3.8, 4) is 11.3 Å². The van der Waals surface area contributed by atoms with Gasteiger partial charge in [-0.2, -0.15) is 0 Å². The van der Waals surface area contributed by atoms with E-state index in [1.165, 1.54) is 29.3 Å². The van der Waals surface area contributed by atoms with E-state index >= 15 is 0 Å². The van der Waals surface area contributed by atoms with Crippen molar-refractivity contribution in [3.63, 3.8) is 0 Å². The molecule has 0 unspecified atom stereocenters. The number of nitrogens with zero attached hydrogens (tertiary/aromatic N) is 4. The van der Waals surface area contributed by atoms with Crippen molar-refractivity contribution in [1.29, 1.82) is 0 Å². The lowest BCUT2D eigenvalue weighted by molar-refractivity contribution is 0.670. The molecule has 0 amide bonds. The maximum Gasteiger partial charge on any atom is 0.330 e. The lowest BCUT2D eigenvalue weighted by Gasteiger charge is -2.11. The number of hydrogen-bond acceptors (Lipinski definition) is 5. The van der Waals surface area contributed by atoms with Crippen LogP contribution in [-0.4, -0.2) is 19.1 Å². The Kier molecular flexibility index (Phi) is 2.79. The number of rotatable bonds is 1. The first-order valence-electron chi connectivity index (χ1n) is 5.97. The Labute approximate surface area is 118 Å². The molecule has 0 radical (unpaired) electrons. The zero-order valence-electron chi connectivity index (χ0n) is 11.2. The zero-order valence-corrected chi connectivity index (χ0v) is 12.1. The summed E-state index contributed by atoms with van der Waals surface area (Å²) in [6.07, 6.45) is 1.44. The number of hydrogen-bond donors (Lipinski definition) is 0. The van der Waals surface area contributed by atoms with Crippen LogP contribution in [0.1, 0.15) is 5.69 Å². The van der Waals surface area contributed by atoms with E-state index in [0.29, 0.717) is 17.0 Å². The van der Waals surface area contributed by atoms with Crippen molar-refractivity contribution in [2.24, 2.45) is 14.1 Å². The highest BCUT2D eigenvalue weighted by Gasteiger charge is 2.18. The molecular formula is C13H12N4O2S. The lowest BCUT2D eigenvalue weighted by atomic mass is 10.1. The fraction of sp³-hybridized carbons (Fsp3) is 0.231. The standard InChI is InChI=1S/C13H12N4O2S/c1-7-9(12(18)17(3)13(19)16(7)2)10-8-4-5-20-11(8)15-6-14-10/h4-6H,1-3H3. The van der Waals surface area contributed by atoms with Crippen LogP contribution in [0.3, 0.4) is 0 Å². The second kappa shape index (κ2) is 4.38. The zero-order chi connectivity index (χ0) is 14.4. The van der Waals surface area contributed by atoms with Gasteiger partial charge in [0.15, 0.2) is 0 Å².